The van der Waals surface area contributed by atoms with Gasteiger partial charge in [-0.1, -0.05) is 97.1 Å². The number of hydrogen-bond donors (Lipinski definition) is 0. The molecule has 0 N–H and O–H groups in total. The highest BCUT2D eigenvalue weighted by Crippen LogP contribution is 2.62. The Balaban J connectivity index is 1.44. The summed E-state index contributed by atoms with van der Waals surface area (Å²) in [6.45, 7) is 5.58. The lowest BCUT2D eigenvalue weighted by Gasteiger charge is -2.43. The van der Waals surface area contributed by atoms with Crippen LogP contribution in [0.3, 0.4) is 0 Å². The van der Waals surface area contributed by atoms with Gasteiger partial charge >= 0.3 is 5.97 Å². The first kappa shape index (κ1) is 27.1. The zero-order chi connectivity index (χ0) is 28.8. The summed E-state index contributed by atoms with van der Waals surface area (Å²) < 4.78 is 17.6. The summed E-state index contributed by atoms with van der Waals surface area (Å²) in [4.78, 5) is 13.0. The maximum Gasteiger partial charge on any atom is 0.305 e. The minimum absolute atomic E-state index is 0.137. The number of hydrogen-bond acceptors (Lipinski definition) is 4. The Morgan fingerprint density at radius 1 is 0.643 bits per heavy atom. The number of esters is 1. The van der Waals surface area contributed by atoms with Crippen molar-refractivity contribution in [2.24, 2.45) is 0 Å². The number of ether oxygens (including phenoxy) is 3. The fraction of sp³-hybridized carbons (Fsp3) is 0.342. The zero-order valence-electron chi connectivity index (χ0n) is 24.5. The highest BCUT2D eigenvalue weighted by molar-refractivity contribution is 5.84. The molecule has 4 aromatic rings. The first-order valence-corrected chi connectivity index (χ1v) is 15.4. The van der Waals surface area contributed by atoms with Crippen LogP contribution in [0.2, 0.25) is 0 Å². The quantitative estimate of drug-likeness (QED) is 0.138. The molecule has 0 saturated carbocycles. The molecule has 0 aromatic heterocycles. The predicted molar refractivity (Wildman–Crippen MR) is 165 cm³/mol. The standard InChI is InChI=1S/C38H38O4/c1-3-40-35(39)21-22-36(31-17-9-5-13-27(31)28-14-6-10-18-32(28)36)25-37(23-24-38(26-42-38)41-4-2)33-19-11-7-15-29(33)30-16-8-12-20-34(30)37/h5-20H,3-4,21-26H2,1-2H3. The molecule has 1 saturated heterocycles. The van der Waals surface area contributed by atoms with Crippen LogP contribution < -0.4 is 0 Å². The van der Waals surface area contributed by atoms with Gasteiger partial charge in [0.1, 0.15) is 6.61 Å². The topological polar surface area (TPSA) is 48.1 Å². The molecule has 7 rings (SSSR count). The summed E-state index contributed by atoms with van der Waals surface area (Å²) in [5.41, 5.74) is 9.78. The molecule has 1 fully saturated rings. The molecular formula is C38H38O4. The highest BCUT2D eigenvalue weighted by Gasteiger charge is 2.55. The third kappa shape index (κ3) is 4.23. The van der Waals surface area contributed by atoms with Gasteiger partial charge in [0.05, 0.1) is 6.61 Å². The van der Waals surface area contributed by atoms with Gasteiger partial charge in [-0.3, -0.25) is 4.79 Å². The van der Waals surface area contributed by atoms with E-state index in [2.05, 4.69) is 97.1 Å². The van der Waals surface area contributed by atoms with Crippen LogP contribution in [0.25, 0.3) is 22.3 Å². The van der Waals surface area contributed by atoms with E-state index in [1.54, 1.807) is 0 Å². The van der Waals surface area contributed by atoms with Crippen molar-refractivity contribution in [3.05, 3.63) is 119 Å². The zero-order valence-corrected chi connectivity index (χ0v) is 24.5. The average Bonchev–Trinajstić information content (AvgIpc) is 3.68. The molecule has 1 aliphatic heterocycles. The van der Waals surface area contributed by atoms with Crippen LogP contribution in [0.15, 0.2) is 97.1 Å². The molecular weight excluding hydrogens is 520 g/mol. The third-order valence-electron chi connectivity index (χ3n) is 9.82. The number of fused-ring (bicyclic) bond motifs is 6. The largest absolute Gasteiger partial charge is 0.466 e. The monoisotopic (exact) mass is 558 g/mol. The van der Waals surface area contributed by atoms with E-state index in [9.17, 15) is 4.79 Å². The summed E-state index contributed by atoms with van der Waals surface area (Å²) in [6, 6.07) is 35.4. The SMILES string of the molecule is CCOC(=O)CCC1(CC2(CCC3(OCC)CO3)c3ccccc3-c3ccccc32)c2ccccc2-c2ccccc21. The van der Waals surface area contributed by atoms with Gasteiger partial charge in [-0.25, -0.2) is 0 Å². The van der Waals surface area contributed by atoms with E-state index in [0.717, 1.165) is 19.3 Å². The van der Waals surface area contributed by atoms with Crippen molar-refractivity contribution in [1.29, 1.82) is 0 Å². The van der Waals surface area contributed by atoms with E-state index < -0.39 is 5.79 Å². The summed E-state index contributed by atoms with van der Waals surface area (Å²) in [6.07, 6.45) is 3.57. The second kappa shape index (κ2) is 10.5. The first-order chi connectivity index (χ1) is 20.6. The van der Waals surface area contributed by atoms with Gasteiger partial charge < -0.3 is 14.2 Å². The van der Waals surface area contributed by atoms with Crippen molar-refractivity contribution in [2.75, 3.05) is 19.8 Å². The molecule has 1 unspecified atom stereocenters. The molecule has 0 amide bonds. The smallest absolute Gasteiger partial charge is 0.305 e. The molecule has 214 valence electrons. The van der Waals surface area contributed by atoms with Crippen molar-refractivity contribution in [3.8, 4) is 22.3 Å². The maximum atomic E-state index is 13.0. The molecule has 3 aliphatic rings. The number of carbonyl (C=O) groups is 1. The average molecular weight is 559 g/mol. The van der Waals surface area contributed by atoms with E-state index in [-0.39, 0.29) is 16.8 Å². The Hall–Kier alpha value is -3.73. The van der Waals surface area contributed by atoms with Crippen molar-refractivity contribution in [1.82, 2.24) is 0 Å². The molecule has 42 heavy (non-hydrogen) atoms. The molecule has 0 spiro atoms. The summed E-state index contributed by atoms with van der Waals surface area (Å²) in [5.74, 6) is -0.639. The van der Waals surface area contributed by atoms with Crippen LogP contribution >= 0.6 is 0 Å². The molecule has 4 nitrogen and oxygen atoms in total. The van der Waals surface area contributed by atoms with Gasteiger partial charge in [-0.2, -0.15) is 0 Å². The Morgan fingerprint density at radius 3 is 1.48 bits per heavy atom. The van der Waals surface area contributed by atoms with Gasteiger partial charge in [-0.15, -0.1) is 0 Å². The fourth-order valence-electron chi connectivity index (χ4n) is 8.04. The second-order valence-corrected chi connectivity index (χ2v) is 12.0. The van der Waals surface area contributed by atoms with Crippen LogP contribution in [0.5, 0.6) is 0 Å². The molecule has 4 aromatic carbocycles. The van der Waals surface area contributed by atoms with Crippen LogP contribution in [-0.2, 0) is 29.8 Å². The normalized spacial score (nSPS) is 19.9. The van der Waals surface area contributed by atoms with Crippen LogP contribution in [-0.4, -0.2) is 31.6 Å². The van der Waals surface area contributed by atoms with Crippen molar-refractivity contribution in [3.63, 3.8) is 0 Å². The lowest BCUT2D eigenvalue weighted by atomic mass is 9.59. The van der Waals surface area contributed by atoms with Crippen LogP contribution in [0.4, 0.5) is 0 Å². The number of rotatable bonds is 11. The minimum atomic E-state index is -0.502. The Labute approximate surface area is 248 Å². The van der Waals surface area contributed by atoms with Crippen molar-refractivity contribution >= 4 is 5.97 Å². The predicted octanol–water partition coefficient (Wildman–Crippen LogP) is 8.20. The van der Waals surface area contributed by atoms with E-state index in [4.69, 9.17) is 14.2 Å². The fourth-order valence-corrected chi connectivity index (χ4v) is 8.04. The lowest BCUT2D eigenvalue weighted by Crippen LogP contribution is -2.39. The third-order valence-corrected chi connectivity index (χ3v) is 9.82. The van der Waals surface area contributed by atoms with Gasteiger partial charge in [0.2, 0.25) is 0 Å². The second-order valence-electron chi connectivity index (χ2n) is 12.0. The molecule has 1 atom stereocenters. The molecule has 1 heterocycles. The maximum absolute atomic E-state index is 13.0. The van der Waals surface area contributed by atoms with Gasteiger partial charge in [0, 0.05) is 30.3 Å². The number of benzene rings is 4. The van der Waals surface area contributed by atoms with E-state index in [1.165, 1.54) is 44.5 Å². The van der Waals surface area contributed by atoms with Crippen LogP contribution in [0, 0.1) is 0 Å². The highest BCUT2D eigenvalue weighted by atomic mass is 16.8. The Kier molecular flexibility index (Phi) is 6.79. The number of carbonyl (C=O) groups excluding carboxylic acids is 1. The summed E-state index contributed by atoms with van der Waals surface area (Å²) >= 11 is 0. The summed E-state index contributed by atoms with van der Waals surface area (Å²) in [5, 5.41) is 0. The molecule has 0 radical (unpaired) electrons. The van der Waals surface area contributed by atoms with Gasteiger partial charge in [0.15, 0.2) is 5.79 Å². The minimum Gasteiger partial charge on any atom is -0.466 e. The summed E-state index contributed by atoms with van der Waals surface area (Å²) in [7, 11) is 0. The molecule has 4 heteroatoms. The molecule has 0 bridgehead atoms. The Morgan fingerprint density at radius 2 is 1.07 bits per heavy atom. The van der Waals surface area contributed by atoms with Crippen molar-refractivity contribution in [2.45, 2.75) is 62.6 Å². The van der Waals surface area contributed by atoms with Crippen LogP contribution in [0.1, 0.15) is 68.2 Å². The van der Waals surface area contributed by atoms with Gasteiger partial charge in [0.25, 0.3) is 0 Å². The first-order valence-electron chi connectivity index (χ1n) is 15.4. The lowest BCUT2D eigenvalue weighted by molar-refractivity contribution is -0.143. The Bertz CT molecular complexity index is 1540. The van der Waals surface area contributed by atoms with E-state index in [0.29, 0.717) is 32.7 Å². The van der Waals surface area contributed by atoms with E-state index >= 15 is 0 Å². The van der Waals surface area contributed by atoms with Gasteiger partial charge in [-0.05, 0) is 77.6 Å². The number of epoxide rings is 1. The van der Waals surface area contributed by atoms with E-state index in [1.807, 2.05) is 13.8 Å². The molecule has 2 aliphatic carbocycles. The van der Waals surface area contributed by atoms with Crippen molar-refractivity contribution < 1.29 is 19.0 Å².